The maximum atomic E-state index is 11.7. The van der Waals surface area contributed by atoms with Gasteiger partial charge in [-0.15, -0.1) is 0 Å². The van der Waals surface area contributed by atoms with E-state index in [4.69, 9.17) is 11.6 Å². The van der Waals surface area contributed by atoms with Crippen molar-refractivity contribution in [3.05, 3.63) is 70.7 Å². The first kappa shape index (κ1) is 17.0. The van der Waals surface area contributed by atoms with Crippen molar-refractivity contribution in [1.82, 2.24) is 10.6 Å². The number of benzene rings is 2. The molecule has 23 heavy (non-hydrogen) atoms. The van der Waals surface area contributed by atoms with Gasteiger partial charge in [-0.2, -0.15) is 0 Å². The van der Waals surface area contributed by atoms with E-state index in [1.54, 1.807) is 0 Å². The SMILES string of the molecule is O=C(CC(=O)NCc1ccccc1)NCCc1ccc(Cl)cc1. The molecule has 0 fully saturated rings. The van der Waals surface area contributed by atoms with Crippen molar-refractivity contribution in [2.75, 3.05) is 6.54 Å². The minimum absolute atomic E-state index is 0.159. The molecule has 0 saturated carbocycles. The summed E-state index contributed by atoms with van der Waals surface area (Å²) in [5.41, 5.74) is 2.09. The molecule has 0 spiro atoms. The number of carbonyl (C=O) groups excluding carboxylic acids is 2. The highest BCUT2D eigenvalue weighted by atomic mass is 35.5. The Morgan fingerprint density at radius 2 is 1.48 bits per heavy atom. The molecule has 0 aliphatic carbocycles. The molecular weight excluding hydrogens is 312 g/mol. The first-order valence-electron chi connectivity index (χ1n) is 7.45. The van der Waals surface area contributed by atoms with Crippen LogP contribution in [0, 0.1) is 0 Å². The van der Waals surface area contributed by atoms with Crippen molar-refractivity contribution in [2.45, 2.75) is 19.4 Å². The van der Waals surface area contributed by atoms with Crippen LogP contribution in [0.15, 0.2) is 54.6 Å². The van der Waals surface area contributed by atoms with Crippen molar-refractivity contribution < 1.29 is 9.59 Å². The van der Waals surface area contributed by atoms with Crippen LogP contribution in [-0.4, -0.2) is 18.4 Å². The zero-order valence-corrected chi connectivity index (χ0v) is 13.5. The standard InChI is InChI=1S/C18H19ClN2O2/c19-16-8-6-14(7-9-16)10-11-20-17(22)12-18(23)21-13-15-4-2-1-3-5-15/h1-9H,10-13H2,(H,20,22)(H,21,23). The molecule has 0 aliphatic heterocycles. The molecule has 0 radical (unpaired) electrons. The van der Waals surface area contributed by atoms with Gasteiger partial charge in [0.15, 0.2) is 0 Å². The number of halogens is 1. The molecule has 0 atom stereocenters. The molecule has 5 heteroatoms. The van der Waals surface area contributed by atoms with E-state index in [-0.39, 0.29) is 18.2 Å². The second kappa shape index (κ2) is 8.96. The lowest BCUT2D eigenvalue weighted by atomic mass is 10.1. The topological polar surface area (TPSA) is 58.2 Å². The molecule has 0 aliphatic rings. The van der Waals surface area contributed by atoms with Gasteiger partial charge >= 0.3 is 0 Å². The summed E-state index contributed by atoms with van der Waals surface area (Å²) in [6.07, 6.45) is 0.544. The Morgan fingerprint density at radius 1 is 0.826 bits per heavy atom. The van der Waals surface area contributed by atoms with Crippen LogP contribution < -0.4 is 10.6 Å². The largest absolute Gasteiger partial charge is 0.355 e. The molecule has 2 amide bonds. The molecule has 0 aromatic heterocycles. The van der Waals surface area contributed by atoms with Gasteiger partial charge in [-0.1, -0.05) is 54.1 Å². The molecule has 2 aromatic carbocycles. The van der Waals surface area contributed by atoms with Crippen LogP contribution in [0.4, 0.5) is 0 Å². The molecular formula is C18H19ClN2O2. The molecule has 2 N–H and O–H groups in total. The maximum Gasteiger partial charge on any atom is 0.229 e. The van der Waals surface area contributed by atoms with E-state index >= 15 is 0 Å². The average Bonchev–Trinajstić information content (AvgIpc) is 2.56. The summed E-state index contributed by atoms with van der Waals surface area (Å²) in [7, 11) is 0. The Morgan fingerprint density at radius 3 is 2.17 bits per heavy atom. The van der Waals surface area contributed by atoms with Gasteiger partial charge in [-0.05, 0) is 29.7 Å². The van der Waals surface area contributed by atoms with Crippen LogP contribution >= 0.6 is 11.6 Å². The number of carbonyl (C=O) groups is 2. The monoisotopic (exact) mass is 330 g/mol. The fourth-order valence-electron chi connectivity index (χ4n) is 2.06. The number of nitrogens with one attached hydrogen (secondary N) is 2. The van der Waals surface area contributed by atoms with Gasteiger partial charge < -0.3 is 10.6 Å². The van der Waals surface area contributed by atoms with E-state index in [1.807, 2.05) is 54.6 Å². The van der Waals surface area contributed by atoms with E-state index in [2.05, 4.69) is 10.6 Å². The fraction of sp³-hybridized carbons (Fsp3) is 0.222. The van der Waals surface area contributed by atoms with E-state index < -0.39 is 0 Å². The molecule has 2 aromatic rings. The van der Waals surface area contributed by atoms with Gasteiger partial charge in [-0.3, -0.25) is 9.59 Å². The van der Waals surface area contributed by atoms with Crippen molar-refractivity contribution in [3.63, 3.8) is 0 Å². The third-order valence-electron chi connectivity index (χ3n) is 3.30. The van der Waals surface area contributed by atoms with Crippen molar-refractivity contribution in [3.8, 4) is 0 Å². The minimum Gasteiger partial charge on any atom is -0.355 e. The molecule has 0 saturated heterocycles. The average molecular weight is 331 g/mol. The van der Waals surface area contributed by atoms with E-state index in [1.165, 1.54) is 0 Å². The minimum atomic E-state index is -0.280. The number of amides is 2. The summed E-state index contributed by atoms with van der Waals surface area (Å²) in [5, 5.41) is 6.16. The van der Waals surface area contributed by atoms with Crippen LogP contribution in [0.25, 0.3) is 0 Å². The van der Waals surface area contributed by atoms with Crippen molar-refractivity contribution in [1.29, 1.82) is 0 Å². The van der Waals surface area contributed by atoms with Crippen molar-refractivity contribution >= 4 is 23.4 Å². The zero-order valence-electron chi connectivity index (χ0n) is 12.7. The second-order valence-electron chi connectivity index (χ2n) is 5.17. The third-order valence-corrected chi connectivity index (χ3v) is 3.55. The quantitative estimate of drug-likeness (QED) is 0.767. The summed E-state index contributed by atoms with van der Waals surface area (Å²) in [5.74, 6) is -0.553. The van der Waals surface area contributed by atoms with Crippen LogP contribution in [0.1, 0.15) is 17.5 Å². The Balaban J connectivity index is 1.64. The summed E-state index contributed by atoms with van der Waals surface area (Å²) in [6.45, 7) is 0.921. The Hall–Kier alpha value is -2.33. The highest BCUT2D eigenvalue weighted by Gasteiger charge is 2.08. The molecule has 120 valence electrons. The summed E-state index contributed by atoms with van der Waals surface area (Å²) < 4.78 is 0. The summed E-state index contributed by atoms with van der Waals surface area (Å²) in [6, 6.07) is 17.0. The van der Waals surface area contributed by atoms with Crippen LogP contribution in [-0.2, 0) is 22.6 Å². The zero-order chi connectivity index (χ0) is 16.5. The number of hydrogen-bond donors (Lipinski definition) is 2. The first-order valence-corrected chi connectivity index (χ1v) is 7.83. The van der Waals surface area contributed by atoms with Gasteiger partial charge in [-0.25, -0.2) is 0 Å². The van der Waals surface area contributed by atoms with Crippen LogP contribution in [0.5, 0.6) is 0 Å². The Labute approximate surface area is 140 Å². The van der Waals surface area contributed by atoms with E-state index in [0.717, 1.165) is 11.1 Å². The predicted octanol–water partition coefficient (Wildman–Crippen LogP) is 2.71. The van der Waals surface area contributed by atoms with Crippen LogP contribution in [0.3, 0.4) is 0 Å². The lowest BCUT2D eigenvalue weighted by molar-refractivity contribution is -0.129. The molecule has 4 nitrogen and oxygen atoms in total. The van der Waals surface area contributed by atoms with Gasteiger partial charge in [0.25, 0.3) is 0 Å². The van der Waals surface area contributed by atoms with E-state index in [0.29, 0.717) is 24.5 Å². The smallest absolute Gasteiger partial charge is 0.229 e. The highest BCUT2D eigenvalue weighted by molar-refractivity contribution is 6.30. The Bertz CT molecular complexity index is 642. The first-order chi connectivity index (χ1) is 11.1. The van der Waals surface area contributed by atoms with Crippen LogP contribution in [0.2, 0.25) is 5.02 Å². The lowest BCUT2D eigenvalue weighted by Crippen LogP contribution is -2.32. The number of rotatable bonds is 7. The third kappa shape index (κ3) is 6.53. The fourth-order valence-corrected chi connectivity index (χ4v) is 2.19. The molecule has 0 bridgehead atoms. The molecule has 0 unspecified atom stereocenters. The number of hydrogen-bond acceptors (Lipinski definition) is 2. The van der Waals surface area contributed by atoms with Crippen molar-refractivity contribution in [2.24, 2.45) is 0 Å². The normalized spacial score (nSPS) is 10.1. The maximum absolute atomic E-state index is 11.7. The van der Waals surface area contributed by atoms with Gasteiger partial charge in [0.1, 0.15) is 6.42 Å². The highest BCUT2D eigenvalue weighted by Crippen LogP contribution is 2.09. The molecule has 0 heterocycles. The summed E-state index contributed by atoms with van der Waals surface area (Å²) in [4.78, 5) is 23.4. The van der Waals surface area contributed by atoms with Gasteiger partial charge in [0.05, 0.1) is 0 Å². The predicted molar refractivity (Wildman–Crippen MR) is 91.1 cm³/mol. The van der Waals surface area contributed by atoms with E-state index in [9.17, 15) is 9.59 Å². The van der Waals surface area contributed by atoms with Gasteiger partial charge in [0, 0.05) is 18.1 Å². The second-order valence-corrected chi connectivity index (χ2v) is 5.60. The summed E-state index contributed by atoms with van der Waals surface area (Å²) >= 11 is 5.81. The van der Waals surface area contributed by atoms with Gasteiger partial charge in [0.2, 0.25) is 11.8 Å². The molecule has 2 rings (SSSR count). The Kier molecular flexibility index (Phi) is 6.63. The lowest BCUT2D eigenvalue weighted by Gasteiger charge is -2.07.